The second-order valence-electron chi connectivity index (χ2n) is 10.8. The van der Waals surface area contributed by atoms with E-state index in [-0.39, 0.29) is 5.75 Å². The average Bonchev–Trinajstić information content (AvgIpc) is 2.86. The van der Waals surface area contributed by atoms with Gasteiger partial charge in [-0.3, -0.25) is 9.59 Å². The quantitative estimate of drug-likeness (QED) is 0.309. The van der Waals surface area contributed by atoms with E-state index < -0.39 is 35.6 Å². The first kappa shape index (κ1) is 29.5. The van der Waals surface area contributed by atoms with Crippen LogP contribution in [0.5, 0.6) is 5.75 Å². The van der Waals surface area contributed by atoms with Crippen molar-refractivity contribution in [2.24, 2.45) is 0 Å². The second-order valence-corrected chi connectivity index (χ2v) is 10.8. The third kappa shape index (κ3) is 7.96. The maximum atomic E-state index is 13.9. The summed E-state index contributed by atoms with van der Waals surface area (Å²) in [7, 11) is 0. The Labute approximate surface area is 230 Å². The molecule has 3 amide bonds. The fraction of sp³-hybridized carbons (Fsp3) is 0.387. The number of amides is 3. The number of aromatic hydroxyl groups is 1. The number of aryl methyl sites for hydroxylation is 1. The number of benzene rings is 3. The van der Waals surface area contributed by atoms with E-state index >= 15 is 0 Å². The number of carbonyl (C=O) groups excluding carboxylic acids is 3. The van der Waals surface area contributed by atoms with Crippen LogP contribution in [-0.2, 0) is 14.3 Å². The molecule has 0 aliphatic heterocycles. The zero-order chi connectivity index (χ0) is 28.7. The smallest absolute Gasteiger partial charge is 0.408 e. The van der Waals surface area contributed by atoms with Gasteiger partial charge >= 0.3 is 6.09 Å². The highest BCUT2D eigenvalue weighted by molar-refractivity contribution is 6.00. The summed E-state index contributed by atoms with van der Waals surface area (Å²) in [6.45, 7) is 10.8. The maximum absolute atomic E-state index is 13.9. The summed E-state index contributed by atoms with van der Waals surface area (Å²) in [4.78, 5) is 41.6. The van der Waals surface area contributed by atoms with Crippen molar-refractivity contribution in [2.45, 2.75) is 72.1 Å². The third-order valence-electron chi connectivity index (χ3n) is 6.25. The number of hydrogen-bond donors (Lipinski definition) is 3. The molecule has 0 aromatic heterocycles. The van der Waals surface area contributed by atoms with Crippen LogP contribution >= 0.6 is 0 Å². The summed E-state index contributed by atoms with van der Waals surface area (Å²) in [5, 5.41) is 17.7. The number of phenols is 1. The van der Waals surface area contributed by atoms with Gasteiger partial charge in [0.15, 0.2) is 0 Å². The van der Waals surface area contributed by atoms with E-state index in [1.165, 1.54) is 11.0 Å². The Bertz CT molecular complexity index is 1330. The molecule has 0 aliphatic carbocycles. The standard InChI is InChI=1S/C31H39N3O5/c1-7-8-17-34(29(37)21(3)32-30(38)39-31(4,5)6)27(24-14-16-26(35)20(2)18-24)28(36)33-25-15-13-22-11-9-10-12-23(22)19-25/h9-16,18-19,21,27,35H,7-8,17H2,1-6H3,(H,32,38)(H,33,36). The molecular formula is C31H39N3O5. The molecule has 8 heteroatoms. The van der Waals surface area contributed by atoms with Crippen LogP contribution in [0.1, 0.15) is 64.6 Å². The van der Waals surface area contributed by atoms with E-state index in [4.69, 9.17) is 4.74 Å². The number of phenolic OH excluding ortho intramolecular Hbond substituents is 1. The van der Waals surface area contributed by atoms with Gasteiger partial charge in [-0.15, -0.1) is 0 Å². The lowest BCUT2D eigenvalue weighted by atomic mass is 9.99. The fourth-order valence-electron chi connectivity index (χ4n) is 4.29. The second kappa shape index (κ2) is 12.7. The lowest BCUT2D eigenvalue weighted by Crippen LogP contribution is -2.51. The van der Waals surface area contributed by atoms with Crippen LogP contribution in [0, 0.1) is 6.92 Å². The summed E-state index contributed by atoms with van der Waals surface area (Å²) in [5.41, 5.74) is 1.01. The van der Waals surface area contributed by atoms with Gasteiger partial charge in [0.1, 0.15) is 23.4 Å². The van der Waals surface area contributed by atoms with Crippen LogP contribution in [0.3, 0.4) is 0 Å². The Hall–Kier alpha value is -4.07. The van der Waals surface area contributed by atoms with Gasteiger partial charge in [-0.05, 0) is 87.2 Å². The number of carbonyl (C=O) groups is 3. The van der Waals surface area contributed by atoms with Crippen LogP contribution in [0.4, 0.5) is 10.5 Å². The predicted octanol–water partition coefficient (Wildman–Crippen LogP) is 6.08. The van der Waals surface area contributed by atoms with E-state index in [0.29, 0.717) is 29.8 Å². The van der Waals surface area contributed by atoms with E-state index in [9.17, 15) is 19.5 Å². The largest absolute Gasteiger partial charge is 0.508 e. The minimum atomic E-state index is -1.00. The van der Waals surface area contributed by atoms with Gasteiger partial charge in [0, 0.05) is 12.2 Å². The van der Waals surface area contributed by atoms with Gasteiger partial charge in [-0.25, -0.2) is 4.79 Å². The topological polar surface area (TPSA) is 108 Å². The van der Waals surface area contributed by atoms with E-state index in [2.05, 4.69) is 10.6 Å². The van der Waals surface area contributed by atoms with Crippen LogP contribution in [0.25, 0.3) is 10.8 Å². The molecule has 0 radical (unpaired) electrons. The summed E-state index contributed by atoms with van der Waals surface area (Å²) in [5.74, 6) is -0.721. The molecular weight excluding hydrogens is 494 g/mol. The molecule has 3 aromatic rings. The SMILES string of the molecule is CCCCN(C(=O)C(C)NC(=O)OC(C)(C)C)C(C(=O)Nc1ccc2ccccc2c1)c1ccc(O)c(C)c1. The highest BCUT2D eigenvalue weighted by Crippen LogP contribution is 2.29. The molecule has 3 N–H and O–H groups in total. The molecule has 39 heavy (non-hydrogen) atoms. The summed E-state index contributed by atoms with van der Waals surface area (Å²) in [6, 6.07) is 16.4. The Morgan fingerprint density at radius 2 is 1.69 bits per heavy atom. The van der Waals surface area contributed by atoms with E-state index in [1.807, 2.05) is 49.4 Å². The van der Waals surface area contributed by atoms with Crippen molar-refractivity contribution in [3.63, 3.8) is 0 Å². The van der Waals surface area contributed by atoms with Crippen molar-refractivity contribution in [1.82, 2.24) is 10.2 Å². The molecule has 8 nitrogen and oxygen atoms in total. The number of hydrogen-bond acceptors (Lipinski definition) is 5. The monoisotopic (exact) mass is 533 g/mol. The van der Waals surface area contributed by atoms with Crippen molar-refractivity contribution in [1.29, 1.82) is 0 Å². The van der Waals surface area contributed by atoms with E-state index in [1.54, 1.807) is 46.8 Å². The number of rotatable bonds is 9. The minimum absolute atomic E-state index is 0.0961. The molecule has 3 aromatic carbocycles. The lowest BCUT2D eigenvalue weighted by molar-refractivity contribution is -0.140. The summed E-state index contributed by atoms with van der Waals surface area (Å²) >= 11 is 0. The molecule has 0 aliphatic rings. The summed E-state index contributed by atoms with van der Waals surface area (Å²) < 4.78 is 5.33. The van der Waals surface area contributed by atoms with Gasteiger partial charge in [-0.2, -0.15) is 0 Å². The number of ether oxygens (including phenoxy) is 1. The van der Waals surface area contributed by atoms with Gasteiger partial charge in [0.2, 0.25) is 5.91 Å². The number of fused-ring (bicyclic) bond motifs is 1. The Morgan fingerprint density at radius 3 is 2.33 bits per heavy atom. The molecule has 0 fully saturated rings. The van der Waals surface area contributed by atoms with Gasteiger partial charge in [0.25, 0.3) is 5.91 Å². The molecule has 2 unspecified atom stereocenters. The van der Waals surface area contributed by atoms with Crippen LogP contribution in [0.2, 0.25) is 0 Å². The van der Waals surface area contributed by atoms with Crippen molar-refractivity contribution in [3.05, 3.63) is 71.8 Å². The summed E-state index contributed by atoms with van der Waals surface area (Å²) in [6.07, 6.45) is 0.740. The highest BCUT2D eigenvalue weighted by Gasteiger charge is 2.34. The number of nitrogens with zero attached hydrogens (tertiary/aromatic N) is 1. The third-order valence-corrected chi connectivity index (χ3v) is 6.25. The Kier molecular flexibility index (Phi) is 9.56. The van der Waals surface area contributed by atoms with Gasteiger partial charge < -0.3 is 25.4 Å². The van der Waals surface area contributed by atoms with E-state index in [0.717, 1.165) is 17.2 Å². The Morgan fingerprint density at radius 1 is 1.00 bits per heavy atom. The number of anilines is 1. The van der Waals surface area contributed by atoms with Crippen molar-refractivity contribution in [3.8, 4) is 5.75 Å². The molecule has 3 rings (SSSR count). The molecule has 208 valence electrons. The number of alkyl carbamates (subject to hydrolysis) is 1. The maximum Gasteiger partial charge on any atom is 0.408 e. The van der Waals surface area contributed by atoms with Crippen molar-refractivity contribution in [2.75, 3.05) is 11.9 Å². The lowest BCUT2D eigenvalue weighted by Gasteiger charge is -2.34. The molecule has 0 saturated carbocycles. The Balaban J connectivity index is 1.97. The molecule has 0 bridgehead atoms. The van der Waals surface area contributed by atoms with Crippen LogP contribution < -0.4 is 10.6 Å². The zero-order valence-electron chi connectivity index (χ0n) is 23.6. The first-order valence-corrected chi connectivity index (χ1v) is 13.3. The van der Waals surface area contributed by atoms with Gasteiger partial charge in [0.05, 0.1) is 0 Å². The van der Waals surface area contributed by atoms with Crippen LogP contribution in [0.15, 0.2) is 60.7 Å². The number of nitrogens with one attached hydrogen (secondary N) is 2. The zero-order valence-corrected chi connectivity index (χ0v) is 23.6. The highest BCUT2D eigenvalue weighted by atomic mass is 16.6. The first-order chi connectivity index (χ1) is 18.4. The minimum Gasteiger partial charge on any atom is -0.508 e. The van der Waals surface area contributed by atoms with Crippen molar-refractivity contribution >= 4 is 34.4 Å². The molecule has 0 heterocycles. The van der Waals surface area contributed by atoms with Crippen LogP contribution in [-0.4, -0.2) is 46.1 Å². The number of unbranched alkanes of at least 4 members (excludes halogenated alkanes) is 1. The normalized spacial score (nSPS) is 12.9. The average molecular weight is 534 g/mol. The first-order valence-electron chi connectivity index (χ1n) is 13.3. The van der Waals surface area contributed by atoms with Crippen molar-refractivity contribution < 1.29 is 24.2 Å². The van der Waals surface area contributed by atoms with Gasteiger partial charge in [-0.1, -0.05) is 49.7 Å². The molecule has 0 saturated heterocycles. The predicted molar refractivity (Wildman–Crippen MR) is 154 cm³/mol. The fourth-order valence-corrected chi connectivity index (χ4v) is 4.29. The molecule has 2 atom stereocenters. The molecule has 0 spiro atoms.